The quantitative estimate of drug-likeness (QED) is 0.448. The molecule has 126 valence electrons. The number of carbonyl (C=O) groups excluding carboxylic acids is 3. The summed E-state index contributed by atoms with van der Waals surface area (Å²) in [5, 5.41) is 6.11. The van der Waals surface area contributed by atoms with Crippen LogP contribution in [0.15, 0.2) is 28.5 Å². The van der Waals surface area contributed by atoms with E-state index in [0.29, 0.717) is 5.57 Å². The fourth-order valence-corrected chi connectivity index (χ4v) is 4.96. The monoisotopic (exact) mass is 384 g/mol. The van der Waals surface area contributed by atoms with Gasteiger partial charge in [-0.3, -0.25) is 14.4 Å². The van der Waals surface area contributed by atoms with Crippen molar-refractivity contribution in [2.45, 2.75) is 23.9 Å². The number of carbonyl (C=O) groups is 3. The average Bonchev–Trinajstić information content (AvgIpc) is 3.10. The number of halogens is 1. The molecule has 0 unspecified atom stereocenters. The van der Waals surface area contributed by atoms with Gasteiger partial charge in [0, 0.05) is 10.8 Å². The second-order valence-corrected chi connectivity index (χ2v) is 7.62. The SMILES string of the molecule is BOC(=O)[C@H]1C(CCl)=CS[C@@H]2[C@H](NC(=O)Cc3cccs3)C(=O)N12. The van der Waals surface area contributed by atoms with Crippen LogP contribution >= 0.6 is 34.7 Å². The van der Waals surface area contributed by atoms with Gasteiger partial charge < -0.3 is 14.9 Å². The minimum Gasteiger partial charge on any atom is -0.542 e. The van der Waals surface area contributed by atoms with Gasteiger partial charge in [0.15, 0.2) is 6.04 Å². The van der Waals surface area contributed by atoms with E-state index in [2.05, 4.69) is 5.32 Å². The van der Waals surface area contributed by atoms with Crippen molar-refractivity contribution in [3.8, 4) is 0 Å². The predicted molar refractivity (Wildman–Crippen MR) is 95.4 cm³/mol. The minimum absolute atomic E-state index is 0.138. The highest BCUT2D eigenvalue weighted by atomic mass is 35.5. The van der Waals surface area contributed by atoms with Crippen LogP contribution in [0.5, 0.6) is 0 Å². The van der Waals surface area contributed by atoms with Gasteiger partial charge in [-0.25, -0.2) is 0 Å². The van der Waals surface area contributed by atoms with Crippen molar-refractivity contribution in [1.29, 1.82) is 0 Å². The summed E-state index contributed by atoms with van der Waals surface area (Å²) in [5.41, 5.74) is 0.626. The van der Waals surface area contributed by atoms with Crippen LogP contribution in [0.3, 0.4) is 0 Å². The number of alkyl halides is 1. The number of thiophene rings is 1. The van der Waals surface area contributed by atoms with Gasteiger partial charge >= 0.3 is 14.0 Å². The van der Waals surface area contributed by atoms with Crippen LogP contribution in [0.1, 0.15) is 4.88 Å². The Kier molecular flexibility index (Phi) is 5.22. The summed E-state index contributed by atoms with van der Waals surface area (Å²) in [6, 6.07) is 2.30. The molecule has 3 rings (SSSR count). The maximum Gasteiger partial charge on any atom is 0.326 e. The van der Waals surface area contributed by atoms with Crippen molar-refractivity contribution in [3.05, 3.63) is 33.4 Å². The lowest BCUT2D eigenvalue weighted by molar-refractivity contribution is -0.158. The molecule has 3 atom stereocenters. The third-order valence-corrected chi connectivity index (χ3v) is 6.28. The summed E-state index contributed by atoms with van der Waals surface area (Å²) in [7, 11) is 1.27. The van der Waals surface area contributed by atoms with Crippen molar-refractivity contribution in [3.63, 3.8) is 0 Å². The number of rotatable bonds is 5. The molecular formula is C14H14BClN2O4S2. The van der Waals surface area contributed by atoms with E-state index in [4.69, 9.17) is 16.3 Å². The van der Waals surface area contributed by atoms with Crippen molar-refractivity contribution in [2.75, 3.05) is 5.88 Å². The molecular weight excluding hydrogens is 371 g/mol. The standard InChI is InChI=1S/C14H14BClN2O4S2/c15-22-14(21)11-7(5-16)6-24-13-10(12(20)18(11)13)17-9(19)4-8-2-1-3-23-8/h1-3,6,10-11,13H,4-5,15H2,(H,17,19)/t10-,11-,13-/m1/s1. The van der Waals surface area contributed by atoms with E-state index in [1.807, 2.05) is 17.5 Å². The summed E-state index contributed by atoms with van der Waals surface area (Å²) in [4.78, 5) is 38.9. The number of amides is 2. The Bertz CT molecular complexity index is 697. The fraction of sp³-hybridized carbons (Fsp3) is 0.357. The summed E-state index contributed by atoms with van der Waals surface area (Å²) >= 11 is 8.73. The first kappa shape index (κ1) is 17.4. The van der Waals surface area contributed by atoms with Crippen molar-refractivity contribution in [1.82, 2.24) is 10.2 Å². The maximum atomic E-state index is 12.4. The number of thioether (sulfide) groups is 1. The molecule has 0 saturated carbocycles. The molecule has 0 spiro atoms. The minimum atomic E-state index is -0.809. The topological polar surface area (TPSA) is 75.7 Å². The maximum absolute atomic E-state index is 12.4. The number of nitrogens with one attached hydrogen (secondary N) is 1. The number of β-lactam (4-membered cyclic amide) rings is 1. The van der Waals surface area contributed by atoms with E-state index in [1.54, 1.807) is 5.41 Å². The molecule has 10 heteroatoms. The molecule has 3 heterocycles. The van der Waals surface area contributed by atoms with Crippen LogP contribution in [0.25, 0.3) is 0 Å². The Balaban J connectivity index is 1.69. The van der Waals surface area contributed by atoms with Crippen molar-refractivity contribution in [2.24, 2.45) is 0 Å². The third kappa shape index (κ3) is 3.08. The van der Waals surface area contributed by atoms with Crippen LogP contribution in [-0.2, 0) is 25.5 Å². The molecule has 2 aliphatic heterocycles. The Morgan fingerprint density at radius 2 is 2.25 bits per heavy atom. The first-order valence-corrected chi connectivity index (χ1v) is 9.54. The van der Waals surface area contributed by atoms with Gasteiger partial charge in [0.25, 0.3) is 0 Å². The van der Waals surface area contributed by atoms with Gasteiger partial charge in [-0.15, -0.1) is 34.7 Å². The molecule has 6 nitrogen and oxygen atoms in total. The van der Waals surface area contributed by atoms with E-state index in [9.17, 15) is 14.4 Å². The number of nitrogens with zero attached hydrogens (tertiary/aromatic N) is 1. The van der Waals surface area contributed by atoms with E-state index < -0.39 is 18.1 Å². The van der Waals surface area contributed by atoms with Crippen LogP contribution in [-0.4, -0.2) is 54.1 Å². The van der Waals surface area contributed by atoms with Gasteiger partial charge in [-0.05, 0) is 22.4 Å². The van der Waals surface area contributed by atoms with Crippen molar-refractivity contribution < 1.29 is 19.0 Å². The lowest BCUT2D eigenvalue weighted by Gasteiger charge is -2.51. The summed E-state index contributed by atoms with van der Waals surface area (Å²) < 4.78 is 4.78. The second kappa shape index (κ2) is 7.20. The van der Waals surface area contributed by atoms with Crippen LogP contribution in [0.4, 0.5) is 0 Å². The largest absolute Gasteiger partial charge is 0.542 e. The molecule has 0 aromatic carbocycles. The zero-order valence-corrected chi connectivity index (χ0v) is 15.1. The molecule has 0 radical (unpaired) electrons. The normalized spacial score (nSPS) is 25.4. The molecule has 2 amide bonds. The number of hydrogen-bond acceptors (Lipinski definition) is 6. The fourth-order valence-electron chi connectivity index (χ4n) is 2.72. The van der Waals surface area contributed by atoms with Gasteiger partial charge in [0.2, 0.25) is 11.8 Å². The van der Waals surface area contributed by atoms with E-state index in [1.165, 1.54) is 36.0 Å². The zero-order valence-electron chi connectivity index (χ0n) is 12.7. The number of hydrogen-bond donors (Lipinski definition) is 1. The van der Waals surface area contributed by atoms with Gasteiger partial charge in [-0.2, -0.15) is 0 Å². The first-order valence-electron chi connectivity index (χ1n) is 7.19. The van der Waals surface area contributed by atoms with E-state index in [-0.39, 0.29) is 29.5 Å². The molecule has 2 aliphatic rings. The second-order valence-electron chi connectivity index (χ2n) is 5.33. The van der Waals surface area contributed by atoms with Crippen LogP contribution in [0.2, 0.25) is 0 Å². The van der Waals surface area contributed by atoms with Gasteiger partial charge in [-0.1, -0.05) is 6.07 Å². The smallest absolute Gasteiger partial charge is 0.326 e. The molecule has 0 aliphatic carbocycles. The molecule has 1 N–H and O–H groups in total. The lowest BCUT2D eigenvalue weighted by atomic mass is 9.98. The highest BCUT2D eigenvalue weighted by Gasteiger charge is 2.55. The van der Waals surface area contributed by atoms with E-state index >= 15 is 0 Å². The molecule has 24 heavy (non-hydrogen) atoms. The van der Waals surface area contributed by atoms with E-state index in [0.717, 1.165) is 4.88 Å². The first-order chi connectivity index (χ1) is 11.6. The highest BCUT2D eigenvalue weighted by molar-refractivity contribution is 8.03. The molecule has 1 saturated heterocycles. The summed E-state index contributed by atoms with van der Waals surface area (Å²) in [6.07, 6.45) is 0.238. The Morgan fingerprint density at radius 1 is 1.46 bits per heavy atom. The predicted octanol–water partition coefficient (Wildman–Crippen LogP) is 0.273. The number of fused-ring (bicyclic) bond motifs is 1. The molecule has 1 aromatic heterocycles. The molecule has 0 bridgehead atoms. The van der Waals surface area contributed by atoms with Crippen LogP contribution in [0, 0.1) is 0 Å². The highest BCUT2D eigenvalue weighted by Crippen LogP contribution is 2.40. The molecule has 1 aromatic rings. The Hall–Kier alpha value is -1.45. The van der Waals surface area contributed by atoms with Gasteiger partial charge in [0.1, 0.15) is 11.4 Å². The Morgan fingerprint density at radius 3 is 2.88 bits per heavy atom. The zero-order chi connectivity index (χ0) is 17.3. The van der Waals surface area contributed by atoms with Crippen LogP contribution < -0.4 is 5.32 Å². The molecule has 1 fully saturated rings. The lowest BCUT2D eigenvalue weighted by Crippen LogP contribution is -2.74. The van der Waals surface area contributed by atoms with Crippen molar-refractivity contribution >= 4 is 60.5 Å². The average molecular weight is 385 g/mol. The summed E-state index contributed by atoms with van der Waals surface area (Å²) in [6.45, 7) is 0. The third-order valence-electron chi connectivity index (χ3n) is 3.88. The van der Waals surface area contributed by atoms with Gasteiger partial charge in [0.05, 0.1) is 6.42 Å². The summed E-state index contributed by atoms with van der Waals surface area (Å²) in [5.74, 6) is -0.890. The Labute approximate surface area is 153 Å².